The lowest BCUT2D eigenvalue weighted by atomic mass is 10.2. The molecule has 0 spiro atoms. The number of nitrogens with two attached hydrogens (primary N) is 1. The minimum atomic E-state index is -4.60. The lowest BCUT2D eigenvalue weighted by molar-refractivity contribution is -0.139. The molecule has 0 bridgehead atoms. The molecular formula is C13H19F3N2O2S. The van der Waals surface area contributed by atoms with Gasteiger partial charge in [-0.1, -0.05) is 19.9 Å². The molecular weight excluding hydrogens is 305 g/mol. The van der Waals surface area contributed by atoms with Crippen LogP contribution in [0, 0.1) is 0 Å². The Morgan fingerprint density at radius 1 is 1.24 bits per heavy atom. The molecule has 0 amide bonds. The second kappa shape index (κ2) is 6.65. The zero-order valence-corrected chi connectivity index (χ0v) is 12.7. The predicted molar refractivity (Wildman–Crippen MR) is 75.2 cm³/mol. The molecule has 0 atom stereocenters. The van der Waals surface area contributed by atoms with Crippen molar-refractivity contribution in [3.05, 3.63) is 24.3 Å². The Kier molecular flexibility index (Phi) is 5.63. The van der Waals surface area contributed by atoms with E-state index in [1.165, 1.54) is 24.3 Å². The lowest BCUT2D eigenvalue weighted by Crippen LogP contribution is -2.45. The third-order valence-electron chi connectivity index (χ3n) is 3.15. The average Bonchev–Trinajstić information content (AvgIpc) is 2.37. The molecule has 0 saturated heterocycles. The summed E-state index contributed by atoms with van der Waals surface area (Å²) < 4.78 is 63.7. The number of hydrogen-bond acceptors (Lipinski definition) is 3. The second-order valence-electron chi connectivity index (χ2n) is 4.71. The molecule has 8 heteroatoms. The molecule has 0 aliphatic rings. The van der Waals surface area contributed by atoms with Crippen LogP contribution in [0.5, 0.6) is 0 Å². The Bertz CT molecular complexity index is 569. The molecule has 1 aromatic rings. The number of nitrogens with zero attached hydrogens (tertiary/aromatic N) is 1. The van der Waals surface area contributed by atoms with E-state index in [1.54, 1.807) is 13.8 Å². The van der Waals surface area contributed by atoms with Crippen molar-refractivity contribution in [2.24, 2.45) is 0 Å². The maximum atomic E-state index is 12.7. The molecule has 4 nitrogen and oxygen atoms in total. The van der Waals surface area contributed by atoms with Crippen LogP contribution in [0.15, 0.2) is 29.2 Å². The highest BCUT2D eigenvalue weighted by molar-refractivity contribution is 7.89. The van der Waals surface area contributed by atoms with Crippen molar-refractivity contribution in [1.82, 2.24) is 4.31 Å². The maximum absolute atomic E-state index is 12.7. The summed E-state index contributed by atoms with van der Waals surface area (Å²) in [5, 5.41) is 0. The van der Waals surface area contributed by atoms with Crippen molar-refractivity contribution in [3.8, 4) is 0 Å². The van der Waals surface area contributed by atoms with Crippen LogP contribution in [0.1, 0.15) is 26.7 Å². The number of rotatable bonds is 6. The quantitative estimate of drug-likeness (QED) is 0.818. The summed E-state index contributed by atoms with van der Waals surface area (Å²) in [6.45, 7) is 1.81. The fraction of sp³-hybridized carbons (Fsp3) is 0.538. The largest absolute Gasteiger partial charge is 0.402 e. The van der Waals surface area contributed by atoms with E-state index in [2.05, 4.69) is 0 Å². The van der Waals surface area contributed by atoms with Crippen LogP contribution in [0.3, 0.4) is 0 Å². The summed E-state index contributed by atoms with van der Waals surface area (Å²) >= 11 is 0. The van der Waals surface area contributed by atoms with Gasteiger partial charge in [0, 0.05) is 11.7 Å². The van der Waals surface area contributed by atoms with Gasteiger partial charge in [0.2, 0.25) is 10.0 Å². The van der Waals surface area contributed by atoms with Crippen molar-refractivity contribution in [2.75, 3.05) is 12.3 Å². The molecule has 0 aromatic heterocycles. The molecule has 1 rings (SSSR count). The first-order valence-corrected chi connectivity index (χ1v) is 8.00. The second-order valence-corrected chi connectivity index (χ2v) is 6.60. The van der Waals surface area contributed by atoms with Gasteiger partial charge in [-0.25, -0.2) is 8.42 Å². The SMILES string of the molecule is CCC(CC)N(CC(F)(F)F)S(=O)(=O)c1cccc(N)c1. The number of hydrogen-bond donors (Lipinski definition) is 1. The molecule has 120 valence electrons. The summed E-state index contributed by atoms with van der Waals surface area (Å²) in [4.78, 5) is -0.223. The van der Waals surface area contributed by atoms with Gasteiger partial charge in [-0.05, 0) is 31.0 Å². The Morgan fingerprint density at radius 3 is 2.24 bits per heavy atom. The molecule has 0 heterocycles. The van der Waals surface area contributed by atoms with Crippen LogP contribution in [-0.4, -0.2) is 31.5 Å². The Hall–Kier alpha value is -1.28. The first-order valence-electron chi connectivity index (χ1n) is 6.56. The number of benzene rings is 1. The number of sulfonamides is 1. The highest BCUT2D eigenvalue weighted by atomic mass is 32.2. The van der Waals surface area contributed by atoms with E-state index in [1.807, 2.05) is 0 Å². The van der Waals surface area contributed by atoms with Crippen LogP contribution >= 0.6 is 0 Å². The Balaban J connectivity index is 3.29. The normalized spacial score (nSPS) is 13.1. The molecule has 0 radical (unpaired) electrons. The summed E-state index contributed by atoms with van der Waals surface area (Å²) in [7, 11) is -4.25. The van der Waals surface area contributed by atoms with E-state index in [4.69, 9.17) is 5.73 Å². The minimum Gasteiger partial charge on any atom is -0.399 e. The molecule has 0 aliphatic carbocycles. The summed E-state index contributed by atoms with van der Waals surface area (Å²) in [5.74, 6) is 0. The number of halogens is 3. The zero-order chi connectivity index (χ0) is 16.3. The number of nitrogen functional groups attached to an aromatic ring is 1. The minimum absolute atomic E-state index is 0.188. The van der Waals surface area contributed by atoms with Crippen LogP contribution in [0.2, 0.25) is 0 Å². The van der Waals surface area contributed by atoms with E-state index < -0.39 is 28.8 Å². The van der Waals surface area contributed by atoms with E-state index in [0.29, 0.717) is 17.1 Å². The number of alkyl halides is 3. The fourth-order valence-corrected chi connectivity index (χ4v) is 3.91. The van der Waals surface area contributed by atoms with E-state index in [-0.39, 0.29) is 10.6 Å². The maximum Gasteiger partial charge on any atom is 0.402 e. The average molecular weight is 324 g/mol. The van der Waals surface area contributed by atoms with Gasteiger partial charge in [0.05, 0.1) is 4.90 Å². The van der Waals surface area contributed by atoms with Gasteiger partial charge in [-0.2, -0.15) is 17.5 Å². The van der Waals surface area contributed by atoms with Crippen molar-refractivity contribution in [1.29, 1.82) is 0 Å². The standard InChI is InChI=1S/C13H19F3N2O2S/c1-3-11(4-2)18(9-13(14,15)16)21(19,20)12-7-5-6-10(17)8-12/h5-8,11H,3-4,9,17H2,1-2H3. The third kappa shape index (κ3) is 4.60. The van der Waals surface area contributed by atoms with Gasteiger partial charge in [0.25, 0.3) is 0 Å². The predicted octanol–water partition coefficient (Wildman–Crippen LogP) is 3.01. The highest BCUT2D eigenvalue weighted by Gasteiger charge is 2.39. The van der Waals surface area contributed by atoms with Gasteiger partial charge >= 0.3 is 6.18 Å². The molecule has 1 aromatic carbocycles. The van der Waals surface area contributed by atoms with Gasteiger partial charge in [0.1, 0.15) is 6.54 Å². The van der Waals surface area contributed by atoms with Crippen LogP contribution < -0.4 is 5.73 Å². The summed E-state index contributed by atoms with van der Waals surface area (Å²) in [5.41, 5.74) is 5.71. The molecule has 2 N–H and O–H groups in total. The molecule has 21 heavy (non-hydrogen) atoms. The summed E-state index contributed by atoms with van der Waals surface area (Å²) in [6.07, 6.45) is -4.00. The summed E-state index contributed by atoms with van der Waals surface area (Å²) in [6, 6.07) is 4.59. The number of anilines is 1. The van der Waals surface area contributed by atoms with E-state index >= 15 is 0 Å². The van der Waals surface area contributed by atoms with Crippen LogP contribution in [0.4, 0.5) is 18.9 Å². The van der Waals surface area contributed by atoms with Crippen molar-refractivity contribution < 1.29 is 21.6 Å². The molecule has 0 unspecified atom stereocenters. The van der Waals surface area contributed by atoms with E-state index in [9.17, 15) is 21.6 Å². The van der Waals surface area contributed by atoms with E-state index in [0.717, 1.165) is 0 Å². The lowest BCUT2D eigenvalue weighted by Gasteiger charge is -2.30. The van der Waals surface area contributed by atoms with Crippen LogP contribution in [0.25, 0.3) is 0 Å². The third-order valence-corrected chi connectivity index (χ3v) is 5.04. The fourth-order valence-electron chi connectivity index (χ4n) is 2.09. The molecule has 0 aliphatic heterocycles. The molecule has 0 saturated carbocycles. The first kappa shape index (κ1) is 17.8. The molecule has 0 fully saturated rings. The first-order chi connectivity index (χ1) is 9.61. The topological polar surface area (TPSA) is 63.4 Å². The zero-order valence-electron chi connectivity index (χ0n) is 11.9. The Morgan fingerprint density at radius 2 is 1.81 bits per heavy atom. The van der Waals surface area contributed by atoms with Gasteiger partial charge in [-0.3, -0.25) is 0 Å². The van der Waals surface area contributed by atoms with Gasteiger partial charge in [0.15, 0.2) is 0 Å². The Labute approximate surface area is 122 Å². The highest BCUT2D eigenvalue weighted by Crippen LogP contribution is 2.27. The van der Waals surface area contributed by atoms with Crippen molar-refractivity contribution in [2.45, 2.75) is 43.8 Å². The monoisotopic (exact) mass is 324 g/mol. The van der Waals surface area contributed by atoms with Gasteiger partial charge < -0.3 is 5.73 Å². The van der Waals surface area contributed by atoms with Gasteiger partial charge in [-0.15, -0.1) is 0 Å². The van der Waals surface area contributed by atoms with Crippen molar-refractivity contribution in [3.63, 3.8) is 0 Å². The smallest absolute Gasteiger partial charge is 0.399 e. The van der Waals surface area contributed by atoms with Crippen molar-refractivity contribution >= 4 is 15.7 Å². The van der Waals surface area contributed by atoms with Crippen LogP contribution in [-0.2, 0) is 10.0 Å².